The maximum Gasteiger partial charge on any atom is 0.0901 e. The minimum atomic E-state index is 0.250. The van der Waals surface area contributed by atoms with Crippen LogP contribution in [0, 0.1) is 0 Å². The lowest BCUT2D eigenvalue weighted by molar-refractivity contribution is -0.318. The first-order valence-corrected chi connectivity index (χ1v) is 4.09. The lowest BCUT2D eigenvalue weighted by Gasteiger charge is -2.09. The van der Waals surface area contributed by atoms with Gasteiger partial charge < -0.3 is 0 Å². The van der Waals surface area contributed by atoms with E-state index in [9.17, 15) is 0 Å². The molecule has 0 aromatic rings. The van der Waals surface area contributed by atoms with Crippen LogP contribution in [0.15, 0.2) is 0 Å². The molecule has 2 heteroatoms. The molecule has 0 amide bonds. The van der Waals surface area contributed by atoms with Crippen molar-refractivity contribution in [3.8, 4) is 0 Å². The van der Waals surface area contributed by atoms with Crippen LogP contribution in [-0.4, -0.2) is 12.7 Å². The number of unbranched alkanes of at least 4 members (excludes halogenated alkanes) is 1. The van der Waals surface area contributed by atoms with E-state index in [0.29, 0.717) is 6.61 Å². The van der Waals surface area contributed by atoms with E-state index >= 15 is 0 Å². The summed E-state index contributed by atoms with van der Waals surface area (Å²) in [5.74, 6) is 0. The molecule has 0 aliphatic heterocycles. The van der Waals surface area contributed by atoms with Gasteiger partial charge in [0, 0.05) is 0 Å². The zero-order valence-corrected chi connectivity index (χ0v) is 7.22. The summed E-state index contributed by atoms with van der Waals surface area (Å²) >= 11 is 0. The van der Waals surface area contributed by atoms with Crippen LogP contribution >= 0.6 is 0 Å². The van der Waals surface area contributed by atoms with Crippen molar-refractivity contribution < 1.29 is 9.78 Å². The summed E-state index contributed by atoms with van der Waals surface area (Å²) in [6, 6.07) is 0. The molecule has 0 aliphatic carbocycles. The quantitative estimate of drug-likeness (QED) is 0.423. The molecule has 0 N–H and O–H groups in total. The fourth-order valence-electron chi connectivity index (χ4n) is 0.724. The smallest absolute Gasteiger partial charge is 0.0901 e. The summed E-state index contributed by atoms with van der Waals surface area (Å²) in [6.07, 6.45) is 3.78. The Bertz CT molecular complexity index is 56.3. The summed E-state index contributed by atoms with van der Waals surface area (Å²) < 4.78 is 0. The zero-order chi connectivity index (χ0) is 7.82. The van der Waals surface area contributed by atoms with Gasteiger partial charge in [-0.15, -0.1) is 0 Å². The van der Waals surface area contributed by atoms with Crippen molar-refractivity contribution in [3.05, 3.63) is 0 Å². The van der Waals surface area contributed by atoms with Crippen molar-refractivity contribution in [2.45, 2.75) is 46.1 Å². The molecular weight excluding hydrogens is 128 g/mol. The molecule has 1 atom stereocenters. The molecule has 0 radical (unpaired) electrons. The molecule has 1 unspecified atom stereocenters. The average Bonchev–Trinajstić information content (AvgIpc) is 1.97. The van der Waals surface area contributed by atoms with Crippen LogP contribution in [0.2, 0.25) is 0 Å². The maximum absolute atomic E-state index is 4.99. The Balaban J connectivity index is 3.00. The predicted octanol–water partition coefficient (Wildman–Crippen LogP) is 2.53. The molecule has 0 spiro atoms. The third kappa shape index (κ3) is 6.05. The van der Waals surface area contributed by atoms with Crippen molar-refractivity contribution in [1.82, 2.24) is 0 Å². The van der Waals surface area contributed by atoms with E-state index in [4.69, 9.17) is 9.78 Å². The van der Waals surface area contributed by atoms with Crippen molar-refractivity contribution in [2.24, 2.45) is 0 Å². The Morgan fingerprint density at radius 1 is 1.30 bits per heavy atom. The Labute approximate surface area is 63.5 Å². The predicted molar refractivity (Wildman–Crippen MR) is 41.7 cm³/mol. The largest absolute Gasteiger partial charge is 0.237 e. The molecule has 0 saturated heterocycles. The third-order valence-corrected chi connectivity index (χ3v) is 1.31. The maximum atomic E-state index is 4.99. The van der Waals surface area contributed by atoms with Crippen LogP contribution in [-0.2, 0) is 9.78 Å². The summed E-state index contributed by atoms with van der Waals surface area (Å²) in [5.41, 5.74) is 0. The highest BCUT2D eigenvalue weighted by Crippen LogP contribution is 2.03. The van der Waals surface area contributed by atoms with Crippen molar-refractivity contribution in [3.63, 3.8) is 0 Å². The van der Waals surface area contributed by atoms with Crippen molar-refractivity contribution in [1.29, 1.82) is 0 Å². The van der Waals surface area contributed by atoms with Crippen LogP contribution in [0.1, 0.15) is 40.0 Å². The van der Waals surface area contributed by atoms with Gasteiger partial charge in [-0.05, 0) is 20.3 Å². The minimum absolute atomic E-state index is 0.250. The van der Waals surface area contributed by atoms with Gasteiger partial charge in [0.1, 0.15) is 0 Å². The monoisotopic (exact) mass is 146 g/mol. The number of hydrogen-bond donors (Lipinski definition) is 0. The first-order valence-electron chi connectivity index (χ1n) is 4.09. The third-order valence-electron chi connectivity index (χ3n) is 1.31. The summed E-state index contributed by atoms with van der Waals surface area (Å²) in [4.78, 5) is 9.79. The standard InChI is InChI=1S/C8H18O2/c1-4-6-7-8(3)10-9-5-2/h8H,4-7H2,1-3H3. The number of hydrogen-bond acceptors (Lipinski definition) is 2. The molecule has 10 heavy (non-hydrogen) atoms. The van der Waals surface area contributed by atoms with E-state index in [-0.39, 0.29) is 6.10 Å². The highest BCUT2D eigenvalue weighted by atomic mass is 17.2. The van der Waals surface area contributed by atoms with Gasteiger partial charge in [-0.3, -0.25) is 0 Å². The Morgan fingerprint density at radius 3 is 2.50 bits per heavy atom. The average molecular weight is 146 g/mol. The van der Waals surface area contributed by atoms with Crippen molar-refractivity contribution >= 4 is 0 Å². The summed E-state index contributed by atoms with van der Waals surface area (Å²) in [6.45, 7) is 6.77. The van der Waals surface area contributed by atoms with E-state index in [2.05, 4.69) is 6.92 Å². The topological polar surface area (TPSA) is 18.5 Å². The molecule has 62 valence electrons. The van der Waals surface area contributed by atoms with Crippen LogP contribution in [0.4, 0.5) is 0 Å². The van der Waals surface area contributed by atoms with E-state index in [1.165, 1.54) is 12.8 Å². The van der Waals surface area contributed by atoms with E-state index in [1.807, 2.05) is 13.8 Å². The van der Waals surface area contributed by atoms with Gasteiger partial charge in [0.2, 0.25) is 0 Å². The highest BCUT2D eigenvalue weighted by Gasteiger charge is 2.00. The second-order valence-electron chi connectivity index (χ2n) is 2.46. The molecule has 0 aliphatic rings. The fraction of sp³-hybridized carbons (Fsp3) is 1.00. The van der Waals surface area contributed by atoms with Gasteiger partial charge in [0.15, 0.2) is 0 Å². The second-order valence-corrected chi connectivity index (χ2v) is 2.46. The van der Waals surface area contributed by atoms with E-state index in [1.54, 1.807) is 0 Å². The first kappa shape index (κ1) is 9.92. The Morgan fingerprint density at radius 2 is 2.00 bits per heavy atom. The Kier molecular flexibility index (Phi) is 6.98. The van der Waals surface area contributed by atoms with Crippen LogP contribution < -0.4 is 0 Å². The molecule has 0 fully saturated rings. The molecule has 0 rings (SSSR count). The number of rotatable bonds is 6. The molecule has 0 heterocycles. The van der Waals surface area contributed by atoms with Crippen LogP contribution in [0.5, 0.6) is 0 Å². The lowest BCUT2D eigenvalue weighted by atomic mass is 10.2. The zero-order valence-electron chi connectivity index (χ0n) is 7.22. The Hall–Kier alpha value is -0.0800. The SMILES string of the molecule is CCCCC(C)OOCC. The molecular formula is C8H18O2. The molecule has 2 nitrogen and oxygen atoms in total. The van der Waals surface area contributed by atoms with Gasteiger partial charge in [0.25, 0.3) is 0 Å². The van der Waals surface area contributed by atoms with Gasteiger partial charge in [-0.1, -0.05) is 19.8 Å². The van der Waals surface area contributed by atoms with Gasteiger partial charge in [-0.25, -0.2) is 9.78 Å². The van der Waals surface area contributed by atoms with Crippen molar-refractivity contribution in [2.75, 3.05) is 6.61 Å². The highest BCUT2D eigenvalue weighted by molar-refractivity contribution is 4.46. The summed E-state index contributed by atoms with van der Waals surface area (Å²) in [7, 11) is 0. The van der Waals surface area contributed by atoms with Gasteiger partial charge >= 0.3 is 0 Å². The second kappa shape index (κ2) is 7.03. The van der Waals surface area contributed by atoms with Crippen LogP contribution in [0.25, 0.3) is 0 Å². The molecule has 0 aromatic heterocycles. The van der Waals surface area contributed by atoms with Gasteiger partial charge in [0.05, 0.1) is 12.7 Å². The minimum Gasteiger partial charge on any atom is -0.237 e. The normalized spacial score (nSPS) is 13.5. The van der Waals surface area contributed by atoms with Gasteiger partial charge in [-0.2, -0.15) is 0 Å². The molecule has 0 aromatic carbocycles. The summed E-state index contributed by atoms with van der Waals surface area (Å²) in [5, 5.41) is 0. The lowest BCUT2D eigenvalue weighted by Crippen LogP contribution is -2.08. The van der Waals surface area contributed by atoms with E-state index < -0.39 is 0 Å². The fourth-order valence-corrected chi connectivity index (χ4v) is 0.724. The van der Waals surface area contributed by atoms with E-state index in [0.717, 1.165) is 6.42 Å². The van der Waals surface area contributed by atoms with Crippen LogP contribution in [0.3, 0.4) is 0 Å². The molecule has 0 bridgehead atoms. The molecule has 0 saturated carbocycles. The first-order chi connectivity index (χ1) is 4.81.